The second-order valence-corrected chi connectivity index (χ2v) is 6.84. The molecular weight excluding hydrogens is 302 g/mol. The number of carbonyl (C=O) groups is 1. The second kappa shape index (κ2) is 11.8. The molecule has 24 heavy (non-hydrogen) atoms. The van der Waals surface area contributed by atoms with Crippen molar-refractivity contribution in [2.75, 3.05) is 7.11 Å². The Morgan fingerprint density at radius 1 is 1.12 bits per heavy atom. The summed E-state index contributed by atoms with van der Waals surface area (Å²) in [5.74, 6) is 1.43. The molecule has 136 valence electrons. The highest BCUT2D eigenvalue weighted by molar-refractivity contribution is 5.75. The average molecular weight is 335 g/mol. The fourth-order valence-corrected chi connectivity index (χ4v) is 2.67. The molecule has 2 N–H and O–H groups in total. The Bertz CT molecular complexity index is 486. The first-order chi connectivity index (χ1) is 11.5. The summed E-state index contributed by atoms with van der Waals surface area (Å²) in [6.45, 7) is 5.00. The van der Waals surface area contributed by atoms with Crippen molar-refractivity contribution in [3.8, 4) is 11.5 Å². The van der Waals surface area contributed by atoms with Crippen LogP contribution in [0.5, 0.6) is 11.5 Å². The third kappa shape index (κ3) is 8.80. The number of hydrogen-bond acceptors (Lipinski definition) is 3. The summed E-state index contributed by atoms with van der Waals surface area (Å²) in [5, 5.41) is 12.5. The van der Waals surface area contributed by atoms with Gasteiger partial charge in [0.25, 0.3) is 0 Å². The zero-order valence-electron chi connectivity index (χ0n) is 15.4. The Balaban J connectivity index is 2.08. The summed E-state index contributed by atoms with van der Waals surface area (Å²) in [5.41, 5.74) is 0.920. The molecule has 1 aromatic carbocycles. The molecule has 0 aliphatic heterocycles. The number of amides is 1. The van der Waals surface area contributed by atoms with Gasteiger partial charge in [0.2, 0.25) is 5.91 Å². The first-order valence-corrected chi connectivity index (χ1v) is 9.15. The maximum atomic E-state index is 11.9. The van der Waals surface area contributed by atoms with Crippen molar-refractivity contribution in [3.63, 3.8) is 0 Å². The Labute approximate surface area is 146 Å². The van der Waals surface area contributed by atoms with E-state index in [1.165, 1.54) is 39.2 Å². The number of aromatic hydroxyl groups is 1. The normalized spacial score (nSPS) is 10.8. The van der Waals surface area contributed by atoms with Crippen LogP contribution in [0, 0.1) is 5.92 Å². The number of phenolic OH excluding ortho intramolecular Hbond substituents is 1. The van der Waals surface area contributed by atoms with Gasteiger partial charge in [0.1, 0.15) is 0 Å². The Hall–Kier alpha value is -1.71. The van der Waals surface area contributed by atoms with E-state index in [4.69, 9.17) is 4.74 Å². The molecule has 1 amide bonds. The van der Waals surface area contributed by atoms with Gasteiger partial charge in [-0.2, -0.15) is 0 Å². The third-order valence-electron chi connectivity index (χ3n) is 4.17. The van der Waals surface area contributed by atoms with Crippen LogP contribution in [0.2, 0.25) is 0 Å². The molecular formula is C20H33NO3. The Morgan fingerprint density at radius 2 is 1.79 bits per heavy atom. The van der Waals surface area contributed by atoms with Gasteiger partial charge in [0.15, 0.2) is 11.5 Å². The van der Waals surface area contributed by atoms with Crippen LogP contribution < -0.4 is 10.1 Å². The summed E-state index contributed by atoms with van der Waals surface area (Å²) in [6, 6.07) is 5.11. The summed E-state index contributed by atoms with van der Waals surface area (Å²) < 4.78 is 5.06. The minimum atomic E-state index is 0.0850. The summed E-state index contributed by atoms with van der Waals surface area (Å²) in [6.07, 6.45) is 9.13. The standard InChI is InChI=1S/C20H33NO3/c1-16(2)10-8-6-4-5-7-9-11-20(23)21-15-17-12-13-18(22)19(14-17)24-3/h12-14,16,22H,4-11,15H2,1-3H3,(H,21,23). The minimum Gasteiger partial charge on any atom is -0.504 e. The smallest absolute Gasteiger partial charge is 0.220 e. The molecule has 0 spiro atoms. The van der Waals surface area contributed by atoms with Crippen LogP contribution in [0.1, 0.15) is 70.8 Å². The molecule has 0 radical (unpaired) electrons. The van der Waals surface area contributed by atoms with E-state index in [2.05, 4.69) is 19.2 Å². The van der Waals surface area contributed by atoms with Gasteiger partial charge in [0, 0.05) is 13.0 Å². The first-order valence-electron chi connectivity index (χ1n) is 9.15. The third-order valence-corrected chi connectivity index (χ3v) is 4.17. The molecule has 0 saturated heterocycles. The van der Waals surface area contributed by atoms with Crippen LogP contribution in [0.3, 0.4) is 0 Å². The molecule has 0 atom stereocenters. The topological polar surface area (TPSA) is 58.6 Å². The highest BCUT2D eigenvalue weighted by Crippen LogP contribution is 2.26. The largest absolute Gasteiger partial charge is 0.504 e. The van der Waals surface area contributed by atoms with Crippen molar-refractivity contribution in [1.82, 2.24) is 5.32 Å². The molecule has 4 heteroatoms. The lowest BCUT2D eigenvalue weighted by atomic mass is 10.0. The van der Waals surface area contributed by atoms with E-state index in [0.29, 0.717) is 18.7 Å². The number of unbranched alkanes of at least 4 members (excludes halogenated alkanes) is 5. The highest BCUT2D eigenvalue weighted by atomic mass is 16.5. The molecule has 0 aliphatic carbocycles. The molecule has 0 bridgehead atoms. The van der Waals surface area contributed by atoms with Crippen molar-refractivity contribution >= 4 is 5.91 Å². The maximum absolute atomic E-state index is 11.9. The number of nitrogens with one attached hydrogen (secondary N) is 1. The van der Waals surface area contributed by atoms with Crippen LogP contribution in [0.25, 0.3) is 0 Å². The zero-order chi connectivity index (χ0) is 17.8. The van der Waals surface area contributed by atoms with E-state index < -0.39 is 0 Å². The van der Waals surface area contributed by atoms with E-state index in [9.17, 15) is 9.90 Å². The molecule has 1 aromatic rings. The van der Waals surface area contributed by atoms with Gasteiger partial charge in [-0.1, -0.05) is 58.4 Å². The predicted octanol–water partition coefficient (Wildman–Crippen LogP) is 4.79. The second-order valence-electron chi connectivity index (χ2n) is 6.84. The van der Waals surface area contributed by atoms with Crippen LogP contribution >= 0.6 is 0 Å². The number of hydrogen-bond donors (Lipinski definition) is 2. The van der Waals surface area contributed by atoms with Crippen molar-refractivity contribution in [3.05, 3.63) is 23.8 Å². The lowest BCUT2D eigenvalue weighted by Crippen LogP contribution is -2.22. The highest BCUT2D eigenvalue weighted by Gasteiger charge is 2.05. The molecule has 0 aromatic heterocycles. The summed E-state index contributed by atoms with van der Waals surface area (Å²) in [7, 11) is 1.51. The van der Waals surface area contributed by atoms with Crippen molar-refractivity contribution in [2.24, 2.45) is 5.92 Å². The van der Waals surface area contributed by atoms with Gasteiger partial charge in [0.05, 0.1) is 7.11 Å². The van der Waals surface area contributed by atoms with Crippen molar-refractivity contribution < 1.29 is 14.6 Å². The number of phenols is 1. The maximum Gasteiger partial charge on any atom is 0.220 e. The van der Waals surface area contributed by atoms with E-state index in [1.807, 2.05) is 0 Å². The molecule has 0 aliphatic rings. The lowest BCUT2D eigenvalue weighted by molar-refractivity contribution is -0.121. The van der Waals surface area contributed by atoms with E-state index >= 15 is 0 Å². The fourth-order valence-electron chi connectivity index (χ4n) is 2.67. The van der Waals surface area contributed by atoms with E-state index in [0.717, 1.165) is 24.3 Å². The molecule has 0 saturated carbocycles. The summed E-state index contributed by atoms with van der Waals surface area (Å²) in [4.78, 5) is 11.9. The molecule has 1 rings (SSSR count). The quantitative estimate of drug-likeness (QED) is 0.540. The van der Waals surface area contributed by atoms with E-state index in [1.54, 1.807) is 18.2 Å². The fraction of sp³-hybridized carbons (Fsp3) is 0.650. The van der Waals surface area contributed by atoms with Crippen LogP contribution in [0.4, 0.5) is 0 Å². The minimum absolute atomic E-state index is 0.0850. The molecule has 0 unspecified atom stereocenters. The SMILES string of the molecule is COc1cc(CNC(=O)CCCCCCCCC(C)C)ccc1O. The van der Waals surface area contributed by atoms with Gasteiger partial charge in [-0.25, -0.2) is 0 Å². The number of rotatable bonds is 12. The number of carbonyl (C=O) groups excluding carboxylic acids is 1. The van der Waals surface area contributed by atoms with Gasteiger partial charge >= 0.3 is 0 Å². The molecule has 0 heterocycles. The van der Waals surface area contributed by atoms with Gasteiger partial charge in [-0.15, -0.1) is 0 Å². The van der Waals surface area contributed by atoms with Gasteiger partial charge in [-0.3, -0.25) is 4.79 Å². The summed E-state index contributed by atoms with van der Waals surface area (Å²) >= 11 is 0. The van der Waals surface area contributed by atoms with Gasteiger partial charge in [-0.05, 0) is 30.0 Å². The predicted molar refractivity (Wildman–Crippen MR) is 98.3 cm³/mol. The van der Waals surface area contributed by atoms with Crippen LogP contribution in [-0.4, -0.2) is 18.1 Å². The van der Waals surface area contributed by atoms with Gasteiger partial charge < -0.3 is 15.2 Å². The number of benzene rings is 1. The average Bonchev–Trinajstić information content (AvgIpc) is 2.56. The van der Waals surface area contributed by atoms with Crippen LogP contribution in [-0.2, 0) is 11.3 Å². The Kier molecular flexibility index (Phi) is 9.97. The zero-order valence-corrected chi connectivity index (χ0v) is 15.4. The number of methoxy groups -OCH3 is 1. The molecule has 4 nitrogen and oxygen atoms in total. The first kappa shape index (κ1) is 20.3. The Morgan fingerprint density at radius 3 is 2.46 bits per heavy atom. The van der Waals surface area contributed by atoms with Crippen LogP contribution in [0.15, 0.2) is 18.2 Å². The van der Waals surface area contributed by atoms with Crippen molar-refractivity contribution in [1.29, 1.82) is 0 Å². The monoisotopic (exact) mass is 335 g/mol. The van der Waals surface area contributed by atoms with E-state index in [-0.39, 0.29) is 11.7 Å². The number of ether oxygens (including phenoxy) is 1. The van der Waals surface area contributed by atoms with Crippen molar-refractivity contribution in [2.45, 2.75) is 71.8 Å². The lowest BCUT2D eigenvalue weighted by Gasteiger charge is -2.08. The molecule has 0 fully saturated rings.